The van der Waals surface area contributed by atoms with E-state index in [4.69, 9.17) is 14.2 Å². The number of carbonyl (C=O) groups excluding carboxylic acids is 2. The van der Waals surface area contributed by atoms with E-state index in [0.717, 1.165) is 0 Å². The normalized spacial score (nSPS) is 13.9. The zero-order chi connectivity index (χ0) is 21.8. The van der Waals surface area contributed by atoms with E-state index in [-0.39, 0.29) is 23.6 Å². The van der Waals surface area contributed by atoms with Crippen molar-refractivity contribution >= 4 is 23.1 Å². The van der Waals surface area contributed by atoms with Crippen LogP contribution in [0.3, 0.4) is 0 Å². The molecule has 0 saturated carbocycles. The molecule has 1 heterocycles. The fourth-order valence-electron chi connectivity index (χ4n) is 3.32. The molecule has 2 aromatic rings. The summed E-state index contributed by atoms with van der Waals surface area (Å²) in [7, 11) is 3.10. The minimum Gasteiger partial charge on any atom is -0.497 e. The summed E-state index contributed by atoms with van der Waals surface area (Å²) in [6.45, 7) is 6.07. The van der Waals surface area contributed by atoms with Crippen molar-refractivity contribution in [3.8, 4) is 17.2 Å². The number of benzene rings is 2. The largest absolute Gasteiger partial charge is 0.497 e. The van der Waals surface area contributed by atoms with Crippen molar-refractivity contribution in [1.29, 1.82) is 0 Å². The van der Waals surface area contributed by atoms with Gasteiger partial charge in [0.1, 0.15) is 22.9 Å². The van der Waals surface area contributed by atoms with Crippen molar-refractivity contribution in [2.75, 3.05) is 26.1 Å². The van der Waals surface area contributed by atoms with Gasteiger partial charge in [-0.15, -0.1) is 0 Å². The van der Waals surface area contributed by atoms with Crippen molar-refractivity contribution in [2.45, 2.75) is 26.8 Å². The van der Waals surface area contributed by atoms with Crippen molar-refractivity contribution in [3.05, 3.63) is 53.7 Å². The van der Waals surface area contributed by atoms with Gasteiger partial charge in [-0.05, 0) is 50.6 Å². The number of hydrogen-bond acceptors (Lipinski definition) is 6. The second kappa shape index (κ2) is 8.90. The number of amides is 2. The van der Waals surface area contributed by atoms with Crippen LogP contribution < -0.4 is 19.5 Å². The maximum absolute atomic E-state index is 13.1. The van der Waals surface area contributed by atoms with Gasteiger partial charge in [0.2, 0.25) is 0 Å². The first-order valence-electron chi connectivity index (χ1n) is 9.75. The second-order valence-corrected chi connectivity index (χ2v) is 6.97. The fraction of sp³-hybridized carbons (Fsp3) is 0.304. The van der Waals surface area contributed by atoms with Crippen LogP contribution in [-0.4, -0.2) is 43.6 Å². The third-order valence-electron chi connectivity index (χ3n) is 4.75. The molecular formula is C23H26N2O5. The van der Waals surface area contributed by atoms with E-state index in [0.29, 0.717) is 40.7 Å². The van der Waals surface area contributed by atoms with Gasteiger partial charge in [0.05, 0.1) is 32.1 Å². The molecule has 0 bridgehead atoms. The van der Waals surface area contributed by atoms with E-state index in [2.05, 4.69) is 5.32 Å². The van der Waals surface area contributed by atoms with Crippen LogP contribution >= 0.6 is 0 Å². The number of nitrogens with zero attached hydrogens (tertiary/aromatic N) is 1. The molecule has 1 aliphatic heterocycles. The minimum atomic E-state index is -0.378. The molecule has 7 nitrogen and oxygen atoms in total. The number of nitrogens with one attached hydrogen (secondary N) is 1. The van der Waals surface area contributed by atoms with E-state index < -0.39 is 0 Å². The lowest BCUT2D eigenvalue weighted by Crippen LogP contribution is -2.38. The summed E-state index contributed by atoms with van der Waals surface area (Å²) in [5, 5.41) is 3.12. The number of carbonyl (C=O) groups is 2. The van der Waals surface area contributed by atoms with Gasteiger partial charge in [-0.25, -0.2) is 0 Å². The van der Waals surface area contributed by atoms with Crippen molar-refractivity contribution in [1.82, 2.24) is 4.90 Å². The minimum absolute atomic E-state index is 0.210. The maximum atomic E-state index is 13.1. The van der Waals surface area contributed by atoms with Crippen LogP contribution in [0.2, 0.25) is 0 Å². The summed E-state index contributed by atoms with van der Waals surface area (Å²) in [5.41, 5.74) is 1.72. The van der Waals surface area contributed by atoms with Gasteiger partial charge in [0.25, 0.3) is 11.8 Å². The Labute approximate surface area is 176 Å². The predicted octanol–water partition coefficient (Wildman–Crippen LogP) is 3.70. The van der Waals surface area contributed by atoms with Gasteiger partial charge < -0.3 is 19.5 Å². The molecule has 0 unspecified atom stereocenters. The highest BCUT2D eigenvalue weighted by Crippen LogP contribution is 2.36. The van der Waals surface area contributed by atoms with Crippen LogP contribution in [0.25, 0.3) is 5.57 Å². The van der Waals surface area contributed by atoms with E-state index >= 15 is 0 Å². The lowest BCUT2D eigenvalue weighted by atomic mass is 10.0. The molecule has 1 N–H and O–H groups in total. The number of imide groups is 1. The molecule has 0 saturated heterocycles. The van der Waals surface area contributed by atoms with Crippen molar-refractivity contribution in [2.24, 2.45) is 0 Å². The molecule has 1 aliphatic rings. The van der Waals surface area contributed by atoms with Crippen LogP contribution in [0.15, 0.2) is 48.2 Å². The molecule has 0 atom stereocenters. The van der Waals surface area contributed by atoms with Gasteiger partial charge in [-0.3, -0.25) is 14.5 Å². The summed E-state index contributed by atoms with van der Waals surface area (Å²) >= 11 is 0. The molecule has 0 aromatic heterocycles. The highest BCUT2D eigenvalue weighted by Gasteiger charge is 2.40. The second-order valence-electron chi connectivity index (χ2n) is 6.97. The number of anilines is 1. The average molecular weight is 410 g/mol. The smallest absolute Gasteiger partial charge is 0.278 e. The SMILES string of the molecule is CCOc1ccc(C2=C(Nc3ccc(OC)cc3OC)C(=O)N(C(C)C)C2=O)cc1. The van der Waals surface area contributed by atoms with Crippen molar-refractivity contribution in [3.63, 3.8) is 0 Å². The Bertz CT molecular complexity index is 980. The first-order valence-corrected chi connectivity index (χ1v) is 9.75. The topological polar surface area (TPSA) is 77.1 Å². The Morgan fingerprint density at radius 3 is 2.17 bits per heavy atom. The lowest BCUT2D eigenvalue weighted by Gasteiger charge is -2.19. The highest BCUT2D eigenvalue weighted by molar-refractivity contribution is 6.36. The van der Waals surface area contributed by atoms with E-state index in [1.807, 2.05) is 20.8 Å². The Hall–Kier alpha value is -3.48. The summed E-state index contributed by atoms with van der Waals surface area (Å²) in [4.78, 5) is 27.5. The average Bonchev–Trinajstić information content (AvgIpc) is 2.98. The van der Waals surface area contributed by atoms with Crippen molar-refractivity contribution < 1.29 is 23.8 Å². The third-order valence-corrected chi connectivity index (χ3v) is 4.75. The number of hydrogen-bond donors (Lipinski definition) is 1. The van der Waals surface area contributed by atoms with Crippen LogP contribution in [0, 0.1) is 0 Å². The number of ether oxygens (including phenoxy) is 3. The molecule has 30 heavy (non-hydrogen) atoms. The molecule has 0 aliphatic carbocycles. The predicted molar refractivity (Wildman–Crippen MR) is 115 cm³/mol. The summed E-state index contributed by atoms with van der Waals surface area (Å²) in [5.74, 6) is 1.10. The molecule has 3 rings (SSSR count). The molecule has 158 valence electrons. The fourth-order valence-corrected chi connectivity index (χ4v) is 3.32. The summed E-state index contributed by atoms with van der Waals surface area (Å²) in [6, 6.07) is 12.1. The standard InChI is InChI=1S/C23H26N2O5/c1-6-30-16-9-7-15(8-10-16)20-21(23(27)25(14(2)3)22(20)26)24-18-12-11-17(28-4)13-19(18)29-5/h7-14,24H,6H2,1-5H3. The van der Waals surface area contributed by atoms with E-state index in [1.165, 1.54) is 12.0 Å². The first kappa shape index (κ1) is 21.2. The van der Waals surface area contributed by atoms with Crippen LogP contribution in [0.1, 0.15) is 26.3 Å². The highest BCUT2D eigenvalue weighted by atomic mass is 16.5. The van der Waals surface area contributed by atoms with Gasteiger partial charge in [0.15, 0.2) is 0 Å². The molecule has 2 aromatic carbocycles. The third kappa shape index (κ3) is 3.96. The van der Waals surface area contributed by atoms with Gasteiger partial charge in [0, 0.05) is 12.1 Å². The first-order chi connectivity index (χ1) is 14.4. The van der Waals surface area contributed by atoms with Gasteiger partial charge >= 0.3 is 0 Å². The molecule has 0 fully saturated rings. The molecule has 7 heteroatoms. The Morgan fingerprint density at radius 1 is 0.933 bits per heavy atom. The Morgan fingerprint density at radius 2 is 1.60 bits per heavy atom. The zero-order valence-corrected chi connectivity index (χ0v) is 17.8. The van der Waals surface area contributed by atoms with E-state index in [9.17, 15) is 9.59 Å². The molecule has 2 amide bonds. The molecular weight excluding hydrogens is 384 g/mol. The molecule has 0 spiro atoms. The van der Waals surface area contributed by atoms with Crippen LogP contribution in [0.5, 0.6) is 17.2 Å². The Balaban J connectivity index is 2.08. The number of rotatable bonds is 8. The monoisotopic (exact) mass is 410 g/mol. The van der Waals surface area contributed by atoms with Crippen LogP contribution in [0.4, 0.5) is 5.69 Å². The van der Waals surface area contributed by atoms with Gasteiger partial charge in [-0.1, -0.05) is 12.1 Å². The Kier molecular flexibility index (Phi) is 6.30. The molecule has 0 radical (unpaired) electrons. The summed E-state index contributed by atoms with van der Waals surface area (Å²) < 4.78 is 16.1. The number of methoxy groups -OCH3 is 2. The zero-order valence-electron chi connectivity index (χ0n) is 17.8. The van der Waals surface area contributed by atoms with Gasteiger partial charge in [-0.2, -0.15) is 0 Å². The lowest BCUT2D eigenvalue weighted by molar-refractivity contribution is -0.138. The summed E-state index contributed by atoms with van der Waals surface area (Å²) in [6.07, 6.45) is 0. The maximum Gasteiger partial charge on any atom is 0.278 e. The van der Waals surface area contributed by atoms with E-state index in [1.54, 1.807) is 49.6 Å². The quantitative estimate of drug-likeness (QED) is 0.669. The van der Waals surface area contributed by atoms with Crippen LogP contribution in [-0.2, 0) is 9.59 Å².